The Kier molecular flexibility index (Phi) is 2.44. The van der Waals surface area contributed by atoms with Crippen molar-refractivity contribution in [3.63, 3.8) is 0 Å². The van der Waals surface area contributed by atoms with Crippen LogP contribution in [0, 0.1) is 5.92 Å². The SMILES string of the molecule is CN1CCC2(CC1)NN=C1CCN(C)C[C@H]12. The van der Waals surface area contributed by atoms with E-state index < -0.39 is 0 Å². The van der Waals surface area contributed by atoms with E-state index in [0.29, 0.717) is 5.92 Å². The normalized spacial score (nSPS) is 34.6. The lowest BCUT2D eigenvalue weighted by molar-refractivity contribution is 0.118. The third-order valence-corrected chi connectivity index (χ3v) is 4.61. The lowest BCUT2D eigenvalue weighted by Crippen LogP contribution is -2.57. The molecule has 3 heterocycles. The molecule has 0 aromatic heterocycles. The summed E-state index contributed by atoms with van der Waals surface area (Å²) in [6, 6.07) is 0. The summed E-state index contributed by atoms with van der Waals surface area (Å²) in [4.78, 5) is 4.88. The molecule has 3 aliphatic heterocycles. The van der Waals surface area contributed by atoms with Crippen molar-refractivity contribution in [1.82, 2.24) is 15.2 Å². The second-order valence-corrected chi connectivity index (χ2v) is 5.74. The van der Waals surface area contributed by atoms with Crippen molar-refractivity contribution >= 4 is 5.71 Å². The van der Waals surface area contributed by atoms with E-state index in [-0.39, 0.29) is 5.54 Å². The van der Waals surface area contributed by atoms with Gasteiger partial charge in [-0.1, -0.05) is 0 Å². The molecule has 3 aliphatic rings. The fourth-order valence-corrected chi connectivity index (χ4v) is 3.35. The topological polar surface area (TPSA) is 30.9 Å². The van der Waals surface area contributed by atoms with Gasteiger partial charge in [0.25, 0.3) is 0 Å². The molecule has 0 saturated carbocycles. The molecule has 16 heavy (non-hydrogen) atoms. The fourth-order valence-electron chi connectivity index (χ4n) is 3.35. The Balaban J connectivity index is 1.78. The van der Waals surface area contributed by atoms with Crippen LogP contribution in [-0.4, -0.2) is 61.3 Å². The number of likely N-dealkylation sites (tertiary alicyclic amines) is 2. The summed E-state index contributed by atoms with van der Waals surface area (Å²) in [6.07, 6.45) is 3.65. The van der Waals surface area contributed by atoms with Crippen molar-refractivity contribution in [1.29, 1.82) is 0 Å². The molecule has 0 bridgehead atoms. The molecule has 0 aromatic carbocycles. The van der Waals surface area contributed by atoms with Crippen molar-refractivity contribution in [3.05, 3.63) is 0 Å². The standard InChI is InChI=1S/C12H22N4/c1-15-7-4-12(5-8-15)10-9-16(2)6-3-11(10)13-14-12/h10,14H,3-9H2,1-2H3/t10-/m1/s1. The van der Waals surface area contributed by atoms with Crippen LogP contribution in [0.1, 0.15) is 19.3 Å². The van der Waals surface area contributed by atoms with Crippen LogP contribution >= 0.6 is 0 Å². The summed E-state index contributed by atoms with van der Waals surface area (Å²) in [5.41, 5.74) is 5.21. The lowest BCUT2D eigenvalue weighted by atomic mass is 9.73. The molecule has 3 rings (SSSR count). The average Bonchev–Trinajstić information content (AvgIpc) is 2.62. The van der Waals surface area contributed by atoms with Crippen LogP contribution in [0.5, 0.6) is 0 Å². The van der Waals surface area contributed by atoms with E-state index in [4.69, 9.17) is 0 Å². The van der Waals surface area contributed by atoms with Crippen LogP contribution in [0.4, 0.5) is 0 Å². The van der Waals surface area contributed by atoms with E-state index in [2.05, 4.69) is 34.4 Å². The van der Waals surface area contributed by atoms with E-state index in [1.165, 1.54) is 44.7 Å². The van der Waals surface area contributed by atoms with Gasteiger partial charge in [0.1, 0.15) is 0 Å². The molecular formula is C12H22N4. The number of nitrogens with one attached hydrogen (secondary N) is 1. The zero-order chi connectivity index (χ0) is 11.2. The monoisotopic (exact) mass is 222 g/mol. The van der Waals surface area contributed by atoms with Gasteiger partial charge in [-0.3, -0.25) is 0 Å². The van der Waals surface area contributed by atoms with Crippen LogP contribution in [0.15, 0.2) is 5.10 Å². The average molecular weight is 222 g/mol. The van der Waals surface area contributed by atoms with Gasteiger partial charge in [-0.2, -0.15) is 5.10 Å². The highest BCUT2D eigenvalue weighted by Gasteiger charge is 2.48. The molecule has 90 valence electrons. The molecule has 0 amide bonds. The van der Waals surface area contributed by atoms with Gasteiger partial charge in [0.15, 0.2) is 0 Å². The molecular weight excluding hydrogens is 200 g/mol. The van der Waals surface area contributed by atoms with Crippen molar-refractivity contribution in [3.8, 4) is 0 Å². The summed E-state index contributed by atoms with van der Waals surface area (Å²) in [5.74, 6) is 0.667. The zero-order valence-electron chi connectivity index (χ0n) is 10.4. The number of hydrazone groups is 1. The van der Waals surface area contributed by atoms with Crippen LogP contribution in [0.2, 0.25) is 0 Å². The Morgan fingerprint density at radius 3 is 2.69 bits per heavy atom. The maximum atomic E-state index is 4.62. The number of fused-ring (bicyclic) bond motifs is 2. The molecule has 4 heteroatoms. The van der Waals surface area contributed by atoms with E-state index in [1.807, 2.05) is 0 Å². The first kappa shape index (κ1) is 10.5. The maximum absolute atomic E-state index is 4.62. The third kappa shape index (κ3) is 1.55. The van der Waals surface area contributed by atoms with Gasteiger partial charge in [-0.25, -0.2) is 0 Å². The Bertz CT molecular complexity index is 304. The summed E-state index contributed by atoms with van der Waals surface area (Å²) < 4.78 is 0. The Labute approximate surface area is 97.7 Å². The highest BCUT2D eigenvalue weighted by atomic mass is 15.4. The van der Waals surface area contributed by atoms with Gasteiger partial charge in [0.2, 0.25) is 0 Å². The number of hydrogen-bond donors (Lipinski definition) is 1. The first-order valence-electron chi connectivity index (χ1n) is 6.40. The summed E-state index contributed by atoms with van der Waals surface area (Å²) in [7, 11) is 4.45. The Morgan fingerprint density at radius 2 is 1.94 bits per heavy atom. The highest BCUT2D eigenvalue weighted by Crippen LogP contribution is 2.37. The van der Waals surface area contributed by atoms with Gasteiger partial charge >= 0.3 is 0 Å². The predicted molar refractivity (Wildman–Crippen MR) is 65.6 cm³/mol. The molecule has 1 spiro atoms. The first-order valence-corrected chi connectivity index (χ1v) is 6.40. The van der Waals surface area contributed by atoms with Crippen molar-refractivity contribution < 1.29 is 0 Å². The third-order valence-electron chi connectivity index (χ3n) is 4.61. The lowest BCUT2D eigenvalue weighted by Gasteiger charge is -2.44. The summed E-state index contributed by atoms with van der Waals surface area (Å²) in [5, 5.41) is 4.62. The van der Waals surface area contributed by atoms with E-state index in [0.717, 1.165) is 6.42 Å². The maximum Gasteiger partial charge on any atom is 0.0666 e. The van der Waals surface area contributed by atoms with E-state index in [1.54, 1.807) is 0 Å². The molecule has 4 nitrogen and oxygen atoms in total. The molecule has 2 fully saturated rings. The van der Waals surface area contributed by atoms with Crippen molar-refractivity contribution in [2.45, 2.75) is 24.8 Å². The van der Waals surface area contributed by atoms with Gasteiger partial charge in [-0.15, -0.1) is 0 Å². The zero-order valence-corrected chi connectivity index (χ0v) is 10.4. The molecule has 1 atom stereocenters. The van der Waals surface area contributed by atoms with Crippen LogP contribution in [0.25, 0.3) is 0 Å². The van der Waals surface area contributed by atoms with Crippen molar-refractivity contribution in [2.24, 2.45) is 11.0 Å². The molecule has 0 aromatic rings. The quantitative estimate of drug-likeness (QED) is 0.642. The largest absolute Gasteiger partial charge is 0.306 e. The number of nitrogens with zero attached hydrogens (tertiary/aromatic N) is 3. The van der Waals surface area contributed by atoms with Gasteiger partial charge < -0.3 is 15.2 Å². The minimum atomic E-state index is 0.288. The second kappa shape index (κ2) is 3.70. The molecule has 0 aliphatic carbocycles. The van der Waals surface area contributed by atoms with Crippen LogP contribution < -0.4 is 5.43 Å². The van der Waals surface area contributed by atoms with Crippen LogP contribution in [-0.2, 0) is 0 Å². The minimum absolute atomic E-state index is 0.288. The Morgan fingerprint density at radius 1 is 1.19 bits per heavy atom. The second-order valence-electron chi connectivity index (χ2n) is 5.74. The molecule has 1 N–H and O–H groups in total. The summed E-state index contributed by atoms with van der Waals surface area (Å²) in [6.45, 7) is 4.77. The highest BCUT2D eigenvalue weighted by molar-refractivity contribution is 5.90. The fraction of sp³-hybridized carbons (Fsp3) is 0.917. The minimum Gasteiger partial charge on any atom is -0.306 e. The number of rotatable bonds is 0. The first-order chi connectivity index (χ1) is 7.70. The van der Waals surface area contributed by atoms with Gasteiger partial charge in [0, 0.05) is 44.2 Å². The van der Waals surface area contributed by atoms with Gasteiger partial charge in [0.05, 0.1) is 5.54 Å². The van der Waals surface area contributed by atoms with E-state index in [9.17, 15) is 0 Å². The summed E-state index contributed by atoms with van der Waals surface area (Å²) >= 11 is 0. The predicted octanol–water partition coefficient (Wildman–Crippen LogP) is 0.362. The number of piperidine rings is 2. The van der Waals surface area contributed by atoms with Crippen molar-refractivity contribution in [2.75, 3.05) is 40.3 Å². The number of hydrogen-bond acceptors (Lipinski definition) is 4. The smallest absolute Gasteiger partial charge is 0.0666 e. The van der Waals surface area contributed by atoms with Gasteiger partial charge in [-0.05, 0) is 26.9 Å². The Hall–Kier alpha value is -0.610. The molecule has 0 radical (unpaired) electrons. The van der Waals surface area contributed by atoms with E-state index >= 15 is 0 Å². The van der Waals surface area contributed by atoms with Crippen LogP contribution in [0.3, 0.4) is 0 Å². The molecule has 0 unspecified atom stereocenters. The molecule has 2 saturated heterocycles.